The molecule has 34 heavy (non-hydrogen) atoms. The smallest absolute Gasteiger partial charge is 0.352 e. The molecule has 0 bridgehead atoms. The molecule has 14 heteroatoms. The predicted octanol–water partition coefficient (Wildman–Crippen LogP) is 1.68. The summed E-state index contributed by atoms with van der Waals surface area (Å²) in [5.74, 6) is -2.03. The summed E-state index contributed by atoms with van der Waals surface area (Å²) >= 11 is 3.95. The Kier molecular flexibility index (Phi) is 7.00. The van der Waals surface area contributed by atoms with E-state index in [0.717, 1.165) is 21.9 Å². The second-order valence-corrected chi connectivity index (χ2v) is 9.98. The van der Waals surface area contributed by atoms with Crippen LogP contribution in [0, 0.1) is 6.92 Å². The van der Waals surface area contributed by atoms with E-state index < -0.39 is 29.2 Å². The van der Waals surface area contributed by atoms with Gasteiger partial charge in [-0.25, -0.2) is 14.8 Å². The zero-order valence-corrected chi connectivity index (χ0v) is 20.5. The number of thiazole rings is 2. The number of allylic oxidation sites excluding steroid dienone is 1. The van der Waals surface area contributed by atoms with Gasteiger partial charge in [-0.1, -0.05) is 11.2 Å². The van der Waals surface area contributed by atoms with Crippen LogP contribution < -0.4 is 11.1 Å². The summed E-state index contributed by atoms with van der Waals surface area (Å²) < 4.78 is 0. The number of aliphatic carboxylic acids is 1. The van der Waals surface area contributed by atoms with Crippen molar-refractivity contribution in [3.63, 3.8) is 0 Å². The number of carbonyl (C=O) groups excluding carboxylic acids is 2. The Labute approximate surface area is 206 Å². The summed E-state index contributed by atoms with van der Waals surface area (Å²) in [6, 6.07) is -0.913. The number of hydrogen-bond acceptors (Lipinski definition) is 11. The lowest BCUT2D eigenvalue weighted by molar-refractivity contribution is -0.150. The van der Waals surface area contributed by atoms with E-state index >= 15 is 0 Å². The second kappa shape index (κ2) is 9.95. The third kappa shape index (κ3) is 4.56. The van der Waals surface area contributed by atoms with Crippen molar-refractivity contribution in [2.24, 2.45) is 5.16 Å². The molecule has 0 radical (unpaired) electrons. The number of nitrogens with two attached hydrogens (primary N) is 1. The Morgan fingerprint density at radius 1 is 1.41 bits per heavy atom. The van der Waals surface area contributed by atoms with Gasteiger partial charge in [-0.05, 0) is 25.5 Å². The van der Waals surface area contributed by atoms with E-state index in [2.05, 4.69) is 20.4 Å². The molecule has 0 spiro atoms. The number of fused-ring (bicyclic) bond motifs is 1. The summed E-state index contributed by atoms with van der Waals surface area (Å²) in [4.78, 5) is 53.2. The monoisotopic (exact) mass is 520 g/mol. The van der Waals surface area contributed by atoms with E-state index in [1.165, 1.54) is 28.0 Å². The van der Waals surface area contributed by atoms with Gasteiger partial charge in [-0.15, -0.1) is 34.4 Å². The minimum absolute atomic E-state index is 0.0897. The first-order valence-electron chi connectivity index (χ1n) is 10.0. The third-order valence-electron chi connectivity index (χ3n) is 4.97. The second-order valence-electron chi connectivity index (χ2n) is 7.10. The van der Waals surface area contributed by atoms with Crippen LogP contribution in [0.15, 0.2) is 33.4 Å². The van der Waals surface area contributed by atoms with Crippen LogP contribution in [0.1, 0.15) is 23.2 Å². The Hall–Kier alpha value is -3.23. The Bertz CT molecular complexity index is 1230. The summed E-state index contributed by atoms with van der Waals surface area (Å²) in [6.07, 6.45) is 3.50. The zero-order valence-electron chi connectivity index (χ0n) is 18.0. The van der Waals surface area contributed by atoms with Gasteiger partial charge >= 0.3 is 5.97 Å². The number of carboxylic acid groups (broad SMARTS) is 1. The van der Waals surface area contributed by atoms with Gasteiger partial charge < -0.3 is 21.0 Å². The van der Waals surface area contributed by atoms with Gasteiger partial charge in [0.2, 0.25) is 0 Å². The van der Waals surface area contributed by atoms with Gasteiger partial charge in [0, 0.05) is 16.0 Å². The summed E-state index contributed by atoms with van der Waals surface area (Å²) in [5.41, 5.74) is 8.75. The molecule has 0 saturated carbocycles. The number of carbonyl (C=O) groups is 3. The number of β-lactam (4-membered cyclic amide) rings is 1. The molecule has 1 saturated heterocycles. The molecular formula is C20H20N6O5S3. The molecule has 2 amide bonds. The van der Waals surface area contributed by atoms with Crippen molar-refractivity contribution in [2.75, 3.05) is 18.1 Å². The van der Waals surface area contributed by atoms with Crippen molar-refractivity contribution in [3.8, 4) is 0 Å². The Balaban J connectivity index is 1.54. The molecule has 178 valence electrons. The molecule has 1 fully saturated rings. The van der Waals surface area contributed by atoms with Crippen LogP contribution in [0.25, 0.3) is 6.08 Å². The summed E-state index contributed by atoms with van der Waals surface area (Å²) in [5, 5.41) is 17.5. The SMILES string of the molecule is CCO/N=C(\C(=O)NC1C(=O)N2C(C(=O)O)=C(/C=C/c3scnc3C)CS[C@H]12)c1csc(N)n1. The van der Waals surface area contributed by atoms with E-state index in [0.29, 0.717) is 11.3 Å². The lowest BCUT2D eigenvalue weighted by Crippen LogP contribution is -2.71. The van der Waals surface area contributed by atoms with Crippen LogP contribution in [0.2, 0.25) is 0 Å². The average molecular weight is 521 g/mol. The van der Waals surface area contributed by atoms with E-state index in [1.54, 1.807) is 30.0 Å². The number of thioether (sulfide) groups is 1. The lowest BCUT2D eigenvalue weighted by atomic mass is 10.0. The molecule has 2 aromatic heterocycles. The van der Waals surface area contributed by atoms with Crippen LogP contribution in [-0.4, -0.2) is 67.2 Å². The zero-order chi connectivity index (χ0) is 24.4. The van der Waals surface area contributed by atoms with E-state index in [-0.39, 0.29) is 28.8 Å². The number of hydrogen-bond donors (Lipinski definition) is 3. The molecule has 2 aromatic rings. The predicted molar refractivity (Wildman–Crippen MR) is 130 cm³/mol. The van der Waals surface area contributed by atoms with Gasteiger partial charge in [0.15, 0.2) is 10.8 Å². The molecule has 2 aliphatic rings. The van der Waals surface area contributed by atoms with E-state index in [1.807, 2.05) is 6.92 Å². The summed E-state index contributed by atoms with van der Waals surface area (Å²) in [6.45, 7) is 3.81. The number of oxime groups is 1. The number of aromatic nitrogens is 2. The van der Waals surface area contributed by atoms with Crippen LogP contribution >= 0.6 is 34.4 Å². The minimum atomic E-state index is -1.21. The van der Waals surface area contributed by atoms with E-state index in [4.69, 9.17) is 10.6 Å². The maximum atomic E-state index is 12.9. The lowest BCUT2D eigenvalue weighted by Gasteiger charge is -2.49. The fourth-order valence-electron chi connectivity index (χ4n) is 3.36. The van der Waals surface area contributed by atoms with E-state index in [9.17, 15) is 19.5 Å². The van der Waals surface area contributed by atoms with Crippen molar-refractivity contribution < 1.29 is 24.3 Å². The largest absolute Gasteiger partial charge is 0.477 e. The Morgan fingerprint density at radius 3 is 2.82 bits per heavy atom. The van der Waals surface area contributed by atoms with Crippen LogP contribution in [0.4, 0.5) is 5.13 Å². The fraction of sp³-hybridized carbons (Fsp3) is 0.300. The normalized spacial score (nSPS) is 20.4. The molecular weight excluding hydrogens is 500 g/mol. The van der Waals surface area contributed by atoms with Gasteiger partial charge in [0.25, 0.3) is 11.8 Å². The summed E-state index contributed by atoms with van der Waals surface area (Å²) in [7, 11) is 0. The Morgan fingerprint density at radius 2 is 2.21 bits per heavy atom. The van der Waals surface area contributed by atoms with Crippen molar-refractivity contribution in [1.29, 1.82) is 0 Å². The number of nitrogens with zero attached hydrogens (tertiary/aromatic N) is 4. The highest BCUT2D eigenvalue weighted by molar-refractivity contribution is 8.00. The van der Waals surface area contributed by atoms with Gasteiger partial charge in [-0.2, -0.15) is 0 Å². The highest BCUT2D eigenvalue weighted by atomic mass is 32.2. The van der Waals surface area contributed by atoms with Crippen molar-refractivity contribution >= 4 is 69.1 Å². The number of rotatable bonds is 8. The number of nitrogen functional groups attached to an aromatic ring is 1. The topological polar surface area (TPSA) is 160 Å². The van der Waals surface area contributed by atoms with Crippen molar-refractivity contribution in [1.82, 2.24) is 20.2 Å². The van der Waals surface area contributed by atoms with Gasteiger partial charge in [0.05, 0.1) is 11.2 Å². The average Bonchev–Trinajstić information content (AvgIpc) is 3.43. The van der Waals surface area contributed by atoms with Gasteiger partial charge in [-0.3, -0.25) is 14.5 Å². The van der Waals surface area contributed by atoms with Gasteiger partial charge in [0.1, 0.15) is 29.4 Å². The van der Waals surface area contributed by atoms with Crippen LogP contribution in [0.5, 0.6) is 0 Å². The first kappa shape index (κ1) is 23.9. The first-order valence-corrected chi connectivity index (χ1v) is 12.8. The molecule has 4 rings (SSSR count). The molecule has 11 nitrogen and oxygen atoms in total. The van der Waals surface area contributed by atoms with Crippen molar-refractivity contribution in [3.05, 3.63) is 44.5 Å². The molecule has 0 aromatic carbocycles. The standard InChI is InChI=1S/C20H20N6O5S3/c1-3-31-25-13(11-7-33-20(21)23-11)16(27)24-14-17(28)26-15(19(29)30)10(6-32-18(14)26)4-5-12-9(2)22-8-34-12/h4-5,7-8,14,18H,3,6H2,1-2H3,(H2,21,23)(H,24,27)(H,29,30)/b5-4+,25-13-/t14?,18-/m1/s1. The van der Waals surface area contributed by atoms with Crippen molar-refractivity contribution in [2.45, 2.75) is 25.3 Å². The number of nitrogens with one attached hydrogen (secondary N) is 1. The number of anilines is 1. The maximum absolute atomic E-state index is 12.9. The van der Waals surface area contributed by atoms with Crippen LogP contribution in [-0.2, 0) is 19.2 Å². The molecule has 4 N–H and O–H groups in total. The molecule has 1 unspecified atom stereocenters. The molecule has 0 aliphatic carbocycles. The number of aryl methyl sites for hydroxylation is 1. The highest BCUT2D eigenvalue weighted by Gasteiger charge is 2.54. The number of amides is 2. The maximum Gasteiger partial charge on any atom is 0.352 e. The third-order valence-corrected chi connectivity index (χ3v) is 7.84. The quantitative estimate of drug-likeness (QED) is 0.267. The highest BCUT2D eigenvalue weighted by Crippen LogP contribution is 2.41. The number of carboxylic acids is 1. The van der Waals surface area contributed by atoms with Crippen LogP contribution in [0.3, 0.4) is 0 Å². The molecule has 2 aliphatic heterocycles. The molecule has 4 heterocycles. The first-order chi connectivity index (χ1) is 16.3. The fourth-order valence-corrected chi connectivity index (χ4v) is 5.92. The molecule has 2 atom stereocenters. The minimum Gasteiger partial charge on any atom is -0.477 e.